The van der Waals surface area contributed by atoms with Crippen molar-refractivity contribution in [2.24, 2.45) is 5.11 Å². The molecule has 0 fully saturated rings. The minimum Gasteiger partial charge on any atom is -0.292 e. The number of hydrogen-bond donors (Lipinski definition) is 0. The third-order valence-corrected chi connectivity index (χ3v) is 1.82. The molecule has 0 saturated heterocycles. The molecule has 0 spiro atoms. The van der Waals surface area contributed by atoms with Gasteiger partial charge in [-0.05, 0) is 22.3 Å². The topological polar surface area (TPSA) is 65.8 Å². The molecule has 1 amide bonds. The van der Waals surface area contributed by atoms with Gasteiger partial charge in [-0.25, -0.2) is 0 Å². The Hall–Kier alpha value is -1.51. The Morgan fingerprint density at radius 1 is 1.54 bits per heavy atom. The number of carbonyl (C=O) groups is 1. The van der Waals surface area contributed by atoms with Gasteiger partial charge in [0, 0.05) is 16.4 Å². The van der Waals surface area contributed by atoms with Crippen molar-refractivity contribution in [3.63, 3.8) is 0 Å². The van der Waals surface area contributed by atoms with E-state index in [1.165, 1.54) is 0 Å². The van der Waals surface area contributed by atoms with Gasteiger partial charge >= 0.3 is 0 Å². The van der Waals surface area contributed by atoms with Crippen molar-refractivity contribution in [3.8, 4) is 0 Å². The van der Waals surface area contributed by atoms with E-state index in [1.54, 1.807) is 24.3 Å². The first-order valence-corrected chi connectivity index (χ1v) is 3.93. The fourth-order valence-electron chi connectivity index (χ4n) is 0.890. The van der Waals surface area contributed by atoms with E-state index in [0.717, 1.165) is 0 Å². The molecule has 1 aromatic carbocycles. The Labute approximate surface area is 79.8 Å². The first kappa shape index (κ1) is 9.58. The molecule has 0 aliphatic heterocycles. The van der Waals surface area contributed by atoms with Crippen LogP contribution in [-0.4, -0.2) is 5.91 Å². The highest BCUT2D eigenvalue weighted by molar-refractivity contribution is 6.31. The summed E-state index contributed by atoms with van der Waals surface area (Å²) in [6, 6.07) is 6.93. The van der Waals surface area contributed by atoms with Gasteiger partial charge in [-0.15, -0.1) is 0 Å². The number of azide groups is 1. The molecule has 1 aromatic rings. The second kappa shape index (κ2) is 4.50. The van der Waals surface area contributed by atoms with Crippen LogP contribution in [0.15, 0.2) is 29.4 Å². The van der Waals surface area contributed by atoms with Crippen molar-refractivity contribution in [1.29, 1.82) is 0 Å². The van der Waals surface area contributed by atoms with Crippen molar-refractivity contribution < 1.29 is 4.79 Å². The monoisotopic (exact) mass is 195 g/mol. The largest absolute Gasteiger partial charge is 0.292 e. The smallest absolute Gasteiger partial charge is 0.223 e. The summed E-state index contributed by atoms with van der Waals surface area (Å²) in [7, 11) is 0. The summed E-state index contributed by atoms with van der Waals surface area (Å²) in [5.74, 6) is -0.532. The number of carbonyl (C=O) groups excluding carboxylic acids is 1. The van der Waals surface area contributed by atoms with Gasteiger partial charge in [0.05, 0.1) is 0 Å². The van der Waals surface area contributed by atoms with Crippen molar-refractivity contribution in [2.75, 3.05) is 0 Å². The van der Waals surface area contributed by atoms with Crippen molar-refractivity contribution in [2.45, 2.75) is 6.42 Å². The summed E-state index contributed by atoms with van der Waals surface area (Å²) in [4.78, 5) is 13.3. The molecule has 0 heterocycles. The maximum absolute atomic E-state index is 10.9. The molecule has 0 atom stereocenters. The van der Waals surface area contributed by atoms with E-state index in [-0.39, 0.29) is 6.42 Å². The van der Waals surface area contributed by atoms with E-state index in [4.69, 9.17) is 17.1 Å². The van der Waals surface area contributed by atoms with Crippen LogP contribution >= 0.6 is 11.6 Å². The number of rotatable bonds is 2. The fourth-order valence-corrected chi connectivity index (χ4v) is 1.09. The van der Waals surface area contributed by atoms with Gasteiger partial charge in [0.1, 0.15) is 0 Å². The fraction of sp³-hybridized carbons (Fsp3) is 0.125. The maximum atomic E-state index is 10.9. The lowest BCUT2D eigenvalue weighted by molar-refractivity contribution is -0.117. The second-order valence-electron chi connectivity index (χ2n) is 2.35. The number of nitrogens with zero attached hydrogens (tertiary/aromatic N) is 3. The van der Waals surface area contributed by atoms with Gasteiger partial charge in [0.25, 0.3) is 0 Å². The highest BCUT2D eigenvalue weighted by Crippen LogP contribution is 2.15. The zero-order chi connectivity index (χ0) is 9.68. The molecular weight excluding hydrogens is 190 g/mol. The molecule has 13 heavy (non-hydrogen) atoms. The van der Waals surface area contributed by atoms with Crippen LogP contribution in [0.4, 0.5) is 0 Å². The lowest BCUT2D eigenvalue weighted by Crippen LogP contribution is -1.97. The lowest BCUT2D eigenvalue weighted by atomic mass is 10.1. The molecule has 0 N–H and O–H groups in total. The van der Waals surface area contributed by atoms with Crippen LogP contribution in [0, 0.1) is 0 Å². The Bertz CT molecular complexity index is 371. The normalized spacial score (nSPS) is 9.00. The number of benzene rings is 1. The average Bonchev–Trinajstić information content (AvgIpc) is 2.09. The predicted molar refractivity (Wildman–Crippen MR) is 49.3 cm³/mol. The molecule has 0 bridgehead atoms. The number of halogens is 1. The third kappa shape index (κ3) is 2.78. The Morgan fingerprint density at radius 3 is 2.85 bits per heavy atom. The van der Waals surface area contributed by atoms with Crippen LogP contribution in [0.1, 0.15) is 5.56 Å². The zero-order valence-electron chi connectivity index (χ0n) is 6.64. The summed E-state index contributed by atoms with van der Waals surface area (Å²) >= 11 is 5.78. The van der Waals surface area contributed by atoms with Gasteiger partial charge in [0.2, 0.25) is 5.91 Å². The SMILES string of the molecule is [N-]=[N+]=NC(=O)Cc1ccccc1Cl. The van der Waals surface area contributed by atoms with Crippen LogP contribution < -0.4 is 0 Å². The molecule has 0 aromatic heterocycles. The number of hydrogen-bond acceptors (Lipinski definition) is 1. The third-order valence-electron chi connectivity index (χ3n) is 1.46. The van der Waals surface area contributed by atoms with E-state index in [2.05, 4.69) is 10.0 Å². The molecule has 66 valence electrons. The van der Waals surface area contributed by atoms with E-state index in [9.17, 15) is 4.79 Å². The van der Waals surface area contributed by atoms with E-state index in [1.807, 2.05) is 0 Å². The minimum atomic E-state index is -0.532. The maximum Gasteiger partial charge on any atom is 0.223 e. The van der Waals surface area contributed by atoms with Gasteiger partial charge in [0.15, 0.2) is 0 Å². The minimum absolute atomic E-state index is 0.0454. The van der Waals surface area contributed by atoms with Crippen LogP contribution in [-0.2, 0) is 11.2 Å². The Morgan fingerprint density at radius 2 is 2.23 bits per heavy atom. The first-order valence-electron chi connectivity index (χ1n) is 3.55. The van der Waals surface area contributed by atoms with E-state index >= 15 is 0 Å². The van der Waals surface area contributed by atoms with Crippen LogP contribution in [0.5, 0.6) is 0 Å². The summed E-state index contributed by atoms with van der Waals surface area (Å²) in [5, 5.41) is 3.45. The van der Waals surface area contributed by atoms with Crippen molar-refractivity contribution in [1.82, 2.24) is 0 Å². The van der Waals surface area contributed by atoms with Gasteiger partial charge in [-0.1, -0.05) is 29.8 Å². The summed E-state index contributed by atoms with van der Waals surface area (Å²) in [6.07, 6.45) is 0.0454. The van der Waals surface area contributed by atoms with Crippen LogP contribution in [0.2, 0.25) is 5.02 Å². The molecular formula is C8H6ClN3O. The molecule has 0 aliphatic carbocycles. The highest BCUT2D eigenvalue weighted by atomic mass is 35.5. The van der Waals surface area contributed by atoms with Gasteiger partial charge in [-0.3, -0.25) is 4.79 Å². The first-order chi connectivity index (χ1) is 6.24. The Balaban J connectivity index is 2.80. The second-order valence-corrected chi connectivity index (χ2v) is 2.76. The summed E-state index contributed by atoms with van der Waals surface area (Å²) < 4.78 is 0. The molecule has 5 heteroatoms. The predicted octanol–water partition coefficient (Wildman–Crippen LogP) is 2.72. The highest BCUT2D eigenvalue weighted by Gasteiger charge is 2.03. The molecule has 0 unspecified atom stereocenters. The van der Waals surface area contributed by atoms with Gasteiger partial charge < -0.3 is 0 Å². The molecule has 0 saturated carbocycles. The summed E-state index contributed by atoms with van der Waals surface area (Å²) in [5.41, 5.74) is 8.66. The van der Waals surface area contributed by atoms with Crippen LogP contribution in [0.25, 0.3) is 10.4 Å². The van der Waals surface area contributed by atoms with Crippen molar-refractivity contribution in [3.05, 3.63) is 45.3 Å². The van der Waals surface area contributed by atoms with Crippen molar-refractivity contribution >= 4 is 17.5 Å². The molecule has 4 nitrogen and oxygen atoms in total. The van der Waals surface area contributed by atoms with Crippen LogP contribution in [0.3, 0.4) is 0 Å². The van der Waals surface area contributed by atoms with E-state index in [0.29, 0.717) is 10.6 Å². The molecule has 1 rings (SSSR count). The number of amides is 1. The zero-order valence-corrected chi connectivity index (χ0v) is 7.40. The lowest BCUT2D eigenvalue weighted by Gasteiger charge is -1.98. The molecule has 0 radical (unpaired) electrons. The summed E-state index contributed by atoms with van der Waals surface area (Å²) in [6.45, 7) is 0. The standard InChI is InChI=1S/C8H6ClN3O/c9-7-4-2-1-3-6(7)5-8(13)11-12-10/h1-4H,5H2. The average molecular weight is 196 g/mol. The molecule has 0 aliphatic rings. The van der Waals surface area contributed by atoms with E-state index < -0.39 is 5.91 Å². The quantitative estimate of drug-likeness (QED) is 0.407. The Kier molecular flexibility index (Phi) is 3.31. The van der Waals surface area contributed by atoms with Gasteiger partial charge in [-0.2, -0.15) is 0 Å².